The average molecular weight is 368 g/mol. The number of thioether (sulfide) groups is 1. The Hall–Kier alpha value is -1.57. The SMILES string of the molecule is C[C@@H](Sc1nnc(-c2cccc(Cl)c2)o1)C(=O)NC[C@@H]1CCCO1. The molecule has 2 heterocycles. The largest absolute Gasteiger partial charge is 0.411 e. The van der Waals surface area contributed by atoms with Gasteiger partial charge in [0.25, 0.3) is 5.22 Å². The lowest BCUT2D eigenvalue weighted by atomic mass is 10.2. The maximum atomic E-state index is 12.1. The summed E-state index contributed by atoms with van der Waals surface area (Å²) in [7, 11) is 0. The molecule has 1 saturated heterocycles. The number of ether oxygens (including phenoxy) is 1. The van der Waals surface area contributed by atoms with E-state index in [1.54, 1.807) is 19.1 Å². The van der Waals surface area contributed by atoms with E-state index in [-0.39, 0.29) is 17.3 Å². The molecule has 0 spiro atoms. The molecule has 6 nitrogen and oxygen atoms in total. The zero-order valence-electron chi connectivity index (χ0n) is 13.2. The summed E-state index contributed by atoms with van der Waals surface area (Å²) in [5.74, 6) is 0.310. The molecule has 2 atom stereocenters. The number of nitrogens with zero attached hydrogens (tertiary/aromatic N) is 2. The van der Waals surface area contributed by atoms with Gasteiger partial charge in [0.1, 0.15) is 0 Å². The number of halogens is 1. The van der Waals surface area contributed by atoms with Crippen molar-refractivity contribution < 1.29 is 13.9 Å². The Morgan fingerprint density at radius 3 is 3.12 bits per heavy atom. The van der Waals surface area contributed by atoms with Crippen molar-refractivity contribution in [1.29, 1.82) is 0 Å². The predicted molar refractivity (Wildman–Crippen MR) is 92.0 cm³/mol. The molecule has 0 saturated carbocycles. The lowest BCUT2D eigenvalue weighted by Gasteiger charge is -2.13. The molecule has 0 radical (unpaired) electrons. The van der Waals surface area contributed by atoms with Crippen molar-refractivity contribution in [2.45, 2.75) is 36.3 Å². The Labute approximate surface area is 149 Å². The fourth-order valence-corrected chi connectivity index (χ4v) is 3.26. The van der Waals surface area contributed by atoms with Crippen LogP contribution in [0.4, 0.5) is 0 Å². The Kier molecular flexibility index (Phi) is 5.76. The zero-order valence-corrected chi connectivity index (χ0v) is 14.8. The maximum Gasteiger partial charge on any atom is 0.277 e. The average Bonchev–Trinajstić information content (AvgIpc) is 3.24. The molecule has 0 aliphatic carbocycles. The Morgan fingerprint density at radius 1 is 1.50 bits per heavy atom. The summed E-state index contributed by atoms with van der Waals surface area (Å²) in [5.41, 5.74) is 0.748. The highest BCUT2D eigenvalue weighted by atomic mass is 35.5. The summed E-state index contributed by atoms with van der Waals surface area (Å²) in [4.78, 5) is 12.1. The summed E-state index contributed by atoms with van der Waals surface area (Å²) in [6, 6.07) is 7.18. The molecule has 128 valence electrons. The van der Waals surface area contributed by atoms with Crippen LogP contribution in [0.25, 0.3) is 11.5 Å². The van der Waals surface area contributed by atoms with Crippen LogP contribution < -0.4 is 5.32 Å². The topological polar surface area (TPSA) is 77.2 Å². The number of benzene rings is 1. The van der Waals surface area contributed by atoms with Gasteiger partial charge in [-0.1, -0.05) is 29.4 Å². The van der Waals surface area contributed by atoms with Crippen molar-refractivity contribution in [2.24, 2.45) is 0 Å². The molecule has 0 unspecified atom stereocenters. The van der Waals surface area contributed by atoms with Gasteiger partial charge in [0, 0.05) is 23.7 Å². The minimum Gasteiger partial charge on any atom is -0.411 e. The van der Waals surface area contributed by atoms with E-state index in [1.165, 1.54) is 11.8 Å². The molecule has 1 aromatic carbocycles. The molecule has 1 aliphatic heterocycles. The van der Waals surface area contributed by atoms with Crippen molar-refractivity contribution in [2.75, 3.05) is 13.2 Å². The van der Waals surface area contributed by atoms with E-state index < -0.39 is 0 Å². The molecule has 1 N–H and O–H groups in total. The lowest BCUT2D eigenvalue weighted by Crippen LogP contribution is -2.36. The van der Waals surface area contributed by atoms with E-state index in [1.807, 2.05) is 12.1 Å². The van der Waals surface area contributed by atoms with Gasteiger partial charge in [-0.25, -0.2) is 0 Å². The van der Waals surface area contributed by atoms with Crippen molar-refractivity contribution in [3.8, 4) is 11.5 Å². The summed E-state index contributed by atoms with van der Waals surface area (Å²) < 4.78 is 11.1. The predicted octanol–water partition coefficient (Wildman–Crippen LogP) is 3.17. The minimum absolute atomic E-state index is 0.0713. The van der Waals surface area contributed by atoms with Crippen LogP contribution in [-0.2, 0) is 9.53 Å². The van der Waals surface area contributed by atoms with Gasteiger partial charge in [-0.05, 0) is 38.0 Å². The first-order valence-electron chi connectivity index (χ1n) is 7.77. The number of carbonyl (C=O) groups is 1. The normalized spacial score (nSPS) is 18.5. The minimum atomic E-state index is -0.334. The van der Waals surface area contributed by atoms with Crippen LogP contribution in [0, 0.1) is 0 Å². The smallest absolute Gasteiger partial charge is 0.277 e. The van der Waals surface area contributed by atoms with Crippen LogP contribution in [0.5, 0.6) is 0 Å². The molecule has 3 rings (SSSR count). The number of aromatic nitrogens is 2. The number of rotatable bonds is 6. The first kappa shape index (κ1) is 17.3. The highest BCUT2D eigenvalue weighted by molar-refractivity contribution is 8.00. The Balaban J connectivity index is 1.54. The van der Waals surface area contributed by atoms with E-state index in [2.05, 4.69) is 15.5 Å². The molecule has 1 amide bonds. The molecular weight excluding hydrogens is 350 g/mol. The Bertz CT molecular complexity index is 703. The second kappa shape index (κ2) is 8.00. The standard InChI is InChI=1S/C16H18ClN3O3S/c1-10(14(21)18-9-13-6-3-7-22-13)24-16-20-19-15(23-16)11-4-2-5-12(17)8-11/h2,4-5,8,10,13H,3,6-7,9H2,1H3,(H,18,21)/t10-,13+/m1/s1. The van der Waals surface area contributed by atoms with Crippen LogP contribution in [0.2, 0.25) is 5.02 Å². The monoisotopic (exact) mass is 367 g/mol. The van der Waals surface area contributed by atoms with Gasteiger partial charge in [-0.3, -0.25) is 4.79 Å². The fraction of sp³-hybridized carbons (Fsp3) is 0.438. The van der Waals surface area contributed by atoms with Gasteiger partial charge in [0.05, 0.1) is 11.4 Å². The van der Waals surface area contributed by atoms with Gasteiger partial charge in [-0.15, -0.1) is 10.2 Å². The highest BCUT2D eigenvalue weighted by Crippen LogP contribution is 2.27. The van der Waals surface area contributed by atoms with E-state index in [0.717, 1.165) is 25.0 Å². The molecule has 2 aromatic rings. The second-order valence-corrected chi connectivity index (χ2v) is 7.25. The number of nitrogens with one attached hydrogen (secondary N) is 1. The second-order valence-electron chi connectivity index (χ2n) is 5.52. The number of amides is 1. The first-order chi connectivity index (χ1) is 11.6. The maximum absolute atomic E-state index is 12.1. The van der Waals surface area contributed by atoms with Crippen LogP contribution in [0.1, 0.15) is 19.8 Å². The van der Waals surface area contributed by atoms with E-state index >= 15 is 0 Å². The molecule has 1 aromatic heterocycles. The fourth-order valence-electron chi connectivity index (χ4n) is 2.36. The quantitative estimate of drug-likeness (QED) is 0.790. The van der Waals surface area contributed by atoms with Crippen LogP contribution >= 0.6 is 23.4 Å². The van der Waals surface area contributed by atoms with Gasteiger partial charge in [0.15, 0.2) is 0 Å². The molecule has 8 heteroatoms. The van der Waals surface area contributed by atoms with Crippen molar-refractivity contribution >= 4 is 29.3 Å². The molecule has 0 bridgehead atoms. The summed E-state index contributed by atoms with van der Waals surface area (Å²) in [6.07, 6.45) is 2.18. The third-order valence-electron chi connectivity index (χ3n) is 3.65. The number of hydrogen-bond donors (Lipinski definition) is 1. The highest BCUT2D eigenvalue weighted by Gasteiger charge is 2.21. The van der Waals surface area contributed by atoms with Crippen LogP contribution in [0.3, 0.4) is 0 Å². The lowest BCUT2D eigenvalue weighted by molar-refractivity contribution is -0.120. The first-order valence-corrected chi connectivity index (χ1v) is 9.03. The molecule has 1 aliphatic rings. The molecule has 1 fully saturated rings. The van der Waals surface area contributed by atoms with Gasteiger partial charge < -0.3 is 14.5 Å². The van der Waals surface area contributed by atoms with Gasteiger partial charge in [0.2, 0.25) is 11.8 Å². The van der Waals surface area contributed by atoms with E-state index in [4.69, 9.17) is 20.8 Å². The van der Waals surface area contributed by atoms with Gasteiger partial charge >= 0.3 is 0 Å². The van der Waals surface area contributed by atoms with Crippen LogP contribution in [0.15, 0.2) is 33.9 Å². The van der Waals surface area contributed by atoms with E-state index in [9.17, 15) is 4.79 Å². The number of carbonyl (C=O) groups excluding carboxylic acids is 1. The van der Waals surface area contributed by atoms with E-state index in [0.29, 0.717) is 22.7 Å². The summed E-state index contributed by atoms with van der Waals surface area (Å²) in [6.45, 7) is 3.12. The van der Waals surface area contributed by atoms with Crippen molar-refractivity contribution in [1.82, 2.24) is 15.5 Å². The third kappa shape index (κ3) is 4.49. The summed E-state index contributed by atoms with van der Waals surface area (Å²) in [5, 5.41) is 11.5. The third-order valence-corrected chi connectivity index (χ3v) is 4.82. The zero-order chi connectivity index (χ0) is 16.9. The van der Waals surface area contributed by atoms with Crippen LogP contribution in [-0.4, -0.2) is 40.6 Å². The molecule has 24 heavy (non-hydrogen) atoms. The molecular formula is C16H18ClN3O3S. The summed E-state index contributed by atoms with van der Waals surface area (Å²) >= 11 is 7.19. The van der Waals surface area contributed by atoms with Crippen molar-refractivity contribution in [3.05, 3.63) is 29.3 Å². The van der Waals surface area contributed by atoms with Crippen molar-refractivity contribution in [3.63, 3.8) is 0 Å². The van der Waals surface area contributed by atoms with Gasteiger partial charge in [-0.2, -0.15) is 0 Å². The number of hydrogen-bond acceptors (Lipinski definition) is 6. The Morgan fingerprint density at radius 2 is 2.38 bits per heavy atom.